The molecule has 0 rings (SSSR count). The summed E-state index contributed by atoms with van der Waals surface area (Å²) in [5, 5.41) is 17.0. The molecule has 54 valence electrons. The van der Waals surface area contributed by atoms with E-state index in [1.54, 1.807) is 13.8 Å². The van der Waals surface area contributed by atoms with Gasteiger partial charge in [0.25, 0.3) is 0 Å². The summed E-state index contributed by atoms with van der Waals surface area (Å²) in [5.41, 5.74) is 0. The Labute approximate surface area is 54.3 Å². The van der Waals surface area contributed by atoms with Crippen LogP contribution in [0.5, 0.6) is 0 Å². The summed E-state index contributed by atoms with van der Waals surface area (Å²) in [6.07, 6.45) is -0.487. The normalized spacial score (nSPS) is 16.8. The average molecular weight is 132 g/mol. The van der Waals surface area contributed by atoms with Gasteiger partial charge in [-0.05, 0) is 12.8 Å². The summed E-state index contributed by atoms with van der Waals surface area (Å²) < 4.78 is 0. The molecule has 3 nitrogen and oxygen atoms in total. The molecule has 0 saturated heterocycles. The lowest BCUT2D eigenvalue weighted by atomic mass is 10.0. The van der Waals surface area contributed by atoms with Crippen LogP contribution >= 0.6 is 0 Å². The van der Waals surface area contributed by atoms with Crippen molar-refractivity contribution in [2.24, 2.45) is 5.92 Å². The third kappa shape index (κ3) is 3.97. The van der Waals surface area contributed by atoms with Crippen LogP contribution in [-0.2, 0) is 4.79 Å². The van der Waals surface area contributed by atoms with Crippen molar-refractivity contribution >= 4 is 5.97 Å². The van der Waals surface area contributed by atoms with Crippen LogP contribution in [0.15, 0.2) is 0 Å². The van der Waals surface area contributed by atoms with Gasteiger partial charge in [0, 0.05) is 0 Å². The Kier molecular flexibility index (Phi) is 3.24. The zero-order valence-electron chi connectivity index (χ0n) is 5.66. The molecule has 0 heterocycles. The van der Waals surface area contributed by atoms with Crippen molar-refractivity contribution in [3.63, 3.8) is 0 Å². The molecule has 0 spiro atoms. The summed E-state index contributed by atoms with van der Waals surface area (Å²) >= 11 is 0. The number of carboxylic acid groups (broad SMARTS) is 1. The third-order valence-corrected chi connectivity index (χ3v) is 1.32. The first-order valence-electron chi connectivity index (χ1n) is 2.94. The molecule has 9 heavy (non-hydrogen) atoms. The minimum atomic E-state index is -0.858. The highest BCUT2D eigenvalue weighted by atomic mass is 16.4. The van der Waals surface area contributed by atoms with E-state index in [1.165, 1.54) is 0 Å². The zero-order chi connectivity index (χ0) is 7.44. The number of aliphatic carboxylic acids is 1. The lowest BCUT2D eigenvalue weighted by Gasteiger charge is -2.10. The molecule has 0 aromatic heterocycles. The van der Waals surface area contributed by atoms with E-state index in [0.29, 0.717) is 0 Å². The molecule has 2 atom stereocenters. The van der Waals surface area contributed by atoms with Gasteiger partial charge in [0.2, 0.25) is 0 Å². The van der Waals surface area contributed by atoms with Crippen LogP contribution in [0.3, 0.4) is 0 Å². The van der Waals surface area contributed by atoms with Crippen LogP contribution in [0.2, 0.25) is 0 Å². The molecule has 2 unspecified atom stereocenters. The summed E-state index contributed by atoms with van der Waals surface area (Å²) in [7, 11) is 0. The molecule has 0 aliphatic rings. The highest BCUT2D eigenvalue weighted by Crippen LogP contribution is 2.06. The van der Waals surface area contributed by atoms with Gasteiger partial charge in [0.05, 0.1) is 12.5 Å². The van der Waals surface area contributed by atoms with Gasteiger partial charge in [0.15, 0.2) is 0 Å². The van der Waals surface area contributed by atoms with Gasteiger partial charge in [-0.1, -0.05) is 6.92 Å². The Hall–Kier alpha value is -0.570. The Morgan fingerprint density at radius 3 is 2.11 bits per heavy atom. The van der Waals surface area contributed by atoms with Crippen molar-refractivity contribution < 1.29 is 15.0 Å². The van der Waals surface area contributed by atoms with Crippen LogP contribution in [0.1, 0.15) is 20.3 Å². The molecule has 0 aliphatic carbocycles. The first kappa shape index (κ1) is 8.43. The third-order valence-electron chi connectivity index (χ3n) is 1.32. The molecule has 0 bridgehead atoms. The maximum Gasteiger partial charge on any atom is 0.303 e. The van der Waals surface area contributed by atoms with E-state index in [1.807, 2.05) is 0 Å². The smallest absolute Gasteiger partial charge is 0.303 e. The highest BCUT2D eigenvalue weighted by Gasteiger charge is 2.11. The standard InChI is InChI=1S/C6H12O3/c1-4(5(2)7)3-6(8)9/h4-5,7H,3H2,1-2H3,(H,8,9). The molecule has 0 aromatic rings. The van der Waals surface area contributed by atoms with Crippen molar-refractivity contribution in [3.05, 3.63) is 0 Å². The van der Waals surface area contributed by atoms with Crippen molar-refractivity contribution in [3.8, 4) is 0 Å². The second kappa shape index (κ2) is 3.45. The van der Waals surface area contributed by atoms with E-state index < -0.39 is 12.1 Å². The molecule has 2 N–H and O–H groups in total. The lowest BCUT2D eigenvalue weighted by molar-refractivity contribution is -0.138. The highest BCUT2D eigenvalue weighted by molar-refractivity contribution is 5.67. The van der Waals surface area contributed by atoms with Gasteiger partial charge in [-0.15, -0.1) is 0 Å². The van der Waals surface area contributed by atoms with E-state index in [0.717, 1.165) is 0 Å². The van der Waals surface area contributed by atoms with Gasteiger partial charge in [-0.25, -0.2) is 0 Å². The van der Waals surface area contributed by atoms with Crippen molar-refractivity contribution in [1.82, 2.24) is 0 Å². The van der Waals surface area contributed by atoms with Crippen LogP contribution in [0, 0.1) is 5.92 Å². The second-order valence-corrected chi connectivity index (χ2v) is 2.32. The molecule has 0 amide bonds. The monoisotopic (exact) mass is 132 g/mol. The zero-order valence-corrected chi connectivity index (χ0v) is 5.66. The van der Waals surface area contributed by atoms with Gasteiger partial charge in [-0.2, -0.15) is 0 Å². The largest absolute Gasteiger partial charge is 0.481 e. The SMILES string of the molecule is CC(O)C(C)CC(=O)O. The van der Waals surface area contributed by atoms with Crippen molar-refractivity contribution in [2.45, 2.75) is 26.4 Å². The predicted molar refractivity (Wildman–Crippen MR) is 33.1 cm³/mol. The van der Waals surface area contributed by atoms with E-state index in [4.69, 9.17) is 10.2 Å². The number of carbonyl (C=O) groups is 1. The Balaban J connectivity index is 3.50. The second-order valence-electron chi connectivity index (χ2n) is 2.32. The fourth-order valence-corrected chi connectivity index (χ4v) is 0.446. The summed E-state index contributed by atoms with van der Waals surface area (Å²) in [6.45, 7) is 3.30. The quantitative estimate of drug-likeness (QED) is 0.587. The first-order valence-corrected chi connectivity index (χ1v) is 2.94. The first-order chi connectivity index (χ1) is 4.04. The summed E-state index contributed by atoms with van der Waals surface area (Å²) in [4.78, 5) is 10.0. The van der Waals surface area contributed by atoms with Gasteiger partial charge in [0.1, 0.15) is 0 Å². The molecule has 0 fully saturated rings. The topological polar surface area (TPSA) is 57.5 Å². The number of aliphatic hydroxyl groups is 1. The number of hydrogen-bond acceptors (Lipinski definition) is 2. The number of hydrogen-bond donors (Lipinski definition) is 2. The number of rotatable bonds is 3. The minimum absolute atomic E-state index is 0.0394. The fourth-order valence-electron chi connectivity index (χ4n) is 0.446. The molecule has 0 aromatic carbocycles. The van der Waals surface area contributed by atoms with E-state index >= 15 is 0 Å². The maximum atomic E-state index is 10.0. The maximum absolute atomic E-state index is 10.0. The van der Waals surface area contributed by atoms with Gasteiger partial charge < -0.3 is 10.2 Å². The van der Waals surface area contributed by atoms with E-state index in [-0.39, 0.29) is 12.3 Å². The van der Waals surface area contributed by atoms with Crippen LogP contribution in [0.4, 0.5) is 0 Å². The van der Waals surface area contributed by atoms with Crippen molar-refractivity contribution in [2.75, 3.05) is 0 Å². The average Bonchev–Trinajstić information content (AvgIpc) is 1.63. The van der Waals surface area contributed by atoms with E-state index in [2.05, 4.69) is 0 Å². The number of aliphatic hydroxyl groups excluding tert-OH is 1. The van der Waals surface area contributed by atoms with Crippen LogP contribution in [-0.4, -0.2) is 22.3 Å². The van der Waals surface area contributed by atoms with Crippen molar-refractivity contribution in [1.29, 1.82) is 0 Å². The molecule has 0 saturated carbocycles. The summed E-state index contributed by atoms with van der Waals surface area (Å²) in [6, 6.07) is 0. The Morgan fingerprint density at radius 1 is 1.56 bits per heavy atom. The lowest BCUT2D eigenvalue weighted by Crippen LogP contribution is -2.16. The van der Waals surface area contributed by atoms with Crippen LogP contribution < -0.4 is 0 Å². The number of carboxylic acids is 1. The minimum Gasteiger partial charge on any atom is -0.481 e. The molecule has 3 heteroatoms. The van der Waals surface area contributed by atoms with Gasteiger partial charge in [-0.3, -0.25) is 4.79 Å². The molecule has 0 aliphatic heterocycles. The summed E-state index contributed by atoms with van der Waals surface area (Å²) in [5.74, 6) is -1.01. The Morgan fingerprint density at radius 2 is 2.00 bits per heavy atom. The Bertz CT molecular complexity index is 98.5. The van der Waals surface area contributed by atoms with Crippen LogP contribution in [0.25, 0.3) is 0 Å². The fraction of sp³-hybridized carbons (Fsp3) is 0.833. The van der Waals surface area contributed by atoms with E-state index in [9.17, 15) is 4.79 Å². The molecular formula is C6H12O3. The van der Waals surface area contributed by atoms with Gasteiger partial charge >= 0.3 is 5.97 Å². The molecule has 0 radical (unpaired) electrons. The predicted octanol–water partition coefficient (Wildman–Crippen LogP) is 0.478. The molecular weight excluding hydrogens is 120 g/mol.